The number of aryl methyl sites for hydroxylation is 1. The van der Waals surface area contributed by atoms with Gasteiger partial charge in [-0.15, -0.1) is 0 Å². The van der Waals surface area contributed by atoms with E-state index < -0.39 is 0 Å². The van der Waals surface area contributed by atoms with Crippen LogP contribution in [0.4, 0.5) is 5.69 Å². The molecule has 0 radical (unpaired) electrons. The number of pyridine rings is 1. The summed E-state index contributed by atoms with van der Waals surface area (Å²) in [6, 6.07) is 12.9. The molecular weight excluding hydrogens is 288 g/mol. The summed E-state index contributed by atoms with van der Waals surface area (Å²) in [5, 5.41) is 0.855. The quantitative estimate of drug-likeness (QED) is 0.523. The first-order valence-corrected chi connectivity index (χ1v) is 7.16. The topological polar surface area (TPSA) is 65.9 Å². The van der Waals surface area contributed by atoms with Crippen molar-refractivity contribution in [2.75, 3.05) is 0 Å². The summed E-state index contributed by atoms with van der Waals surface area (Å²) in [5.74, 6) is 0.542. The van der Waals surface area contributed by atoms with Gasteiger partial charge in [-0.2, -0.15) is 0 Å². The van der Waals surface area contributed by atoms with Gasteiger partial charge in [0.05, 0.1) is 23.2 Å². The largest absolute Gasteiger partial charge is 0.338 e. The third-order valence-corrected chi connectivity index (χ3v) is 4.01. The SMILES string of the molecule is [C-]#[N+]c1ccc2[nH]c(=O)c(-c3nc4ccccc4[nH]3)c(C)c2c1. The van der Waals surface area contributed by atoms with Gasteiger partial charge in [-0.3, -0.25) is 4.79 Å². The first-order chi connectivity index (χ1) is 11.2. The molecule has 0 atom stereocenters. The number of fused-ring (bicyclic) bond motifs is 2. The molecular formula is C18H12N4O. The maximum absolute atomic E-state index is 12.5. The Morgan fingerprint density at radius 3 is 2.70 bits per heavy atom. The van der Waals surface area contributed by atoms with E-state index >= 15 is 0 Å². The van der Waals surface area contributed by atoms with Gasteiger partial charge in [-0.1, -0.05) is 18.2 Å². The van der Waals surface area contributed by atoms with Crippen molar-refractivity contribution in [3.63, 3.8) is 0 Å². The molecule has 0 amide bonds. The Morgan fingerprint density at radius 2 is 1.91 bits per heavy atom. The number of benzene rings is 2. The van der Waals surface area contributed by atoms with Crippen molar-refractivity contribution < 1.29 is 0 Å². The molecule has 0 unspecified atom stereocenters. The fourth-order valence-corrected chi connectivity index (χ4v) is 2.87. The number of hydrogen-bond acceptors (Lipinski definition) is 2. The van der Waals surface area contributed by atoms with Crippen molar-refractivity contribution in [1.29, 1.82) is 0 Å². The van der Waals surface area contributed by atoms with Gasteiger partial charge >= 0.3 is 0 Å². The summed E-state index contributed by atoms with van der Waals surface area (Å²) >= 11 is 0. The molecule has 0 saturated heterocycles. The monoisotopic (exact) mass is 300 g/mol. The lowest BCUT2D eigenvalue weighted by Gasteiger charge is -2.07. The number of hydrogen-bond donors (Lipinski definition) is 2. The van der Waals surface area contributed by atoms with Gasteiger partial charge in [0.15, 0.2) is 5.69 Å². The van der Waals surface area contributed by atoms with Crippen molar-refractivity contribution in [3.05, 3.63) is 69.8 Å². The second-order valence-electron chi connectivity index (χ2n) is 5.40. The van der Waals surface area contributed by atoms with E-state index in [1.54, 1.807) is 18.2 Å². The van der Waals surface area contributed by atoms with Crippen molar-refractivity contribution in [2.45, 2.75) is 6.92 Å². The molecule has 2 aromatic heterocycles. The number of nitrogens with zero attached hydrogens (tertiary/aromatic N) is 2. The zero-order valence-corrected chi connectivity index (χ0v) is 12.3. The zero-order valence-electron chi connectivity index (χ0n) is 12.3. The third kappa shape index (κ3) is 2.00. The van der Waals surface area contributed by atoms with E-state index in [1.165, 1.54) is 0 Å². The van der Waals surface area contributed by atoms with Crippen molar-refractivity contribution in [3.8, 4) is 11.4 Å². The summed E-state index contributed by atoms with van der Waals surface area (Å²) in [5.41, 5.74) is 4.10. The van der Waals surface area contributed by atoms with Crippen LogP contribution in [-0.2, 0) is 0 Å². The summed E-state index contributed by atoms with van der Waals surface area (Å²) in [6.07, 6.45) is 0. The van der Waals surface area contributed by atoms with E-state index in [1.807, 2.05) is 31.2 Å². The molecule has 23 heavy (non-hydrogen) atoms. The van der Waals surface area contributed by atoms with Crippen LogP contribution < -0.4 is 5.56 Å². The molecule has 110 valence electrons. The molecule has 5 heteroatoms. The molecule has 0 fully saturated rings. The predicted octanol–water partition coefficient (Wildman–Crippen LogP) is 3.93. The zero-order chi connectivity index (χ0) is 16.0. The number of H-pyrrole nitrogens is 2. The van der Waals surface area contributed by atoms with E-state index in [0.717, 1.165) is 27.5 Å². The lowest BCUT2D eigenvalue weighted by atomic mass is 10.0. The molecule has 2 aromatic carbocycles. The average Bonchev–Trinajstić information content (AvgIpc) is 2.98. The lowest BCUT2D eigenvalue weighted by Crippen LogP contribution is -2.12. The van der Waals surface area contributed by atoms with Gasteiger partial charge in [0.1, 0.15) is 5.82 Å². The van der Waals surface area contributed by atoms with E-state index in [2.05, 4.69) is 19.8 Å². The van der Waals surface area contributed by atoms with Crippen LogP contribution in [0.25, 0.3) is 38.2 Å². The first kappa shape index (κ1) is 13.3. The highest BCUT2D eigenvalue weighted by Crippen LogP contribution is 2.27. The highest BCUT2D eigenvalue weighted by Gasteiger charge is 2.15. The van der Waals surface area contributed by atoms with E-state index in [9.17, 15) is 4.79 Å². The molecule has 4 aromatic rings. The van der Waals surface area contributed by atoms with Crippen LogP contribution in [0.3, 0.4) is 0 Å². The number of rotatable bonds is 1. The number of nitrogens with one attached hydrogen (secondary N) is 2. The molecule has 5 nitrogen and oxygen atoms in total. The van der Waals surface area contributed by atoms with Gasteiger partial charge < -0.3 is 9.97 Å². The average molecular weight is 300 g/mol. The molecule has 0 bridgehead atoms. The molecule has 0 saturated carbocycles. The first-order valence-electron chi connectivity index (χ1n) is 7.16. The molecule has 2 heterocycles. The minimum Gasteiger partial charge on any atom is -0.338 e. The van der Waals surface area contributed by atoms with Crippen LogP contribution >= 0.6 is 0 Å². The summed E-state index contributed by atoms with van der Waals surface area (Å²) in [7, 11) is 0. The second-order valence-corrected chi connectivity index (χ2v) is 5.40. The van der Waals surface area contributed by atoms with Crippen LogP contribution in [0.2, 0.25) is 0 Å². The maximum atomic E-state index is 12.5. The molecule has 0 spiro atoms. The fraction of sp³-hybridized carbons (Fsp3) is 0.0556. The molecule has 2 N–H and O–H groups in total. The highest BCUT2D eigenvalue weighted by atomic mass is 16.1. The smallest absolute Gasteiger partial charge is 0.259 e. The number of para-hydroxylation sites is 2. The minimum atomic E-state index is -0.190. The van der Waals surface area contributed by atoms with E-state index in [4.69, 9.17) is 6.57 Å². The van der Waals surface area contributed by atoms with Crippen LogP contribution in [0.15, 0.2) is 47.3 Å². The van der Waals surface area contributed by atoms with Crippen LogP contribution in [0, 0.1) is 13.5 Å². The second kappa shape index (κ2) is 4.82. The number of aromatic nitrogens is 3. The van der Waals surface area contributed by atoms with Gasteiger partial charge in [-0.25, -0.2) is 9.83 Å². The Kier molecular flexibility index (Phi) is 2.78. The summed E-state index contributed by atoms with van der Waals surface area (Å²) < 4.78 is 0. The minimum absolute atomic E-state index is 0.190. The molecule has 0 aliphatic carbocycles. The van der Waals surface area contributed by atoms with Crippen LogP contribution in [0.1, 0.15) is 5.56 Å². The van der Waals surface area contributed by atoms with Crippen LogP contribution in [-0.4, -0.2) is 15.0 Å². The Bertz CT molecular complexity index is 1130. The van der Waals surface area contributed by atoms with Crippen LogP contribution in [0.5, 0.6) is 0 Å². The number of aromatic amines is 2. The van der Waals surface area contributed by atoms with E-state index in [-0.39, 0.29) is 5.56 Å². The normalized spacial score (nSPS) is 11.0. The summed E-state index contributed by atoms with van der Waals surface area (Å²) in [4.78, 5) is 26.6. The van der Waals surface area contributed by atoms with Gasteiger partial charge in [0.25, 0.3) is 5.56 Å². The highest BCUT2D eigenvalue weighted by molar-refractivity contribution is 5.90. The van der Waals surface area contributed by atoms with Gasteiger partial charge in [0, 0.05) is 5.52 Å². The Morgan fingerprint density at radius 1 is 1.09 bits per heavy atom. The molecule has 0 aliphatic heterocycles. The lowest BCUT2D eigenvalue weighted by molar-refractivity contribution is 1.23. The molecule has 4 rings (SSSR count). The van der Waals surface area contributed by atoms with Gasteiger partial charge in [0.2, 0.25) is 0 Å². The standard InChI is InChI=1S/C18H12N4O/c1-10-12-9-11(19-2)7-8-13(12)22-18(23)16(10)17-20-14-5-3-4-6-15(14)21-17/h3-9H,1H3,(H,20,21)(H,22,23). The Labute approximate surface area is 131 Å². The summed E-state index contributed by atoms with van der Waals surface area (Å²) in [6.45, 7) is 9.04. The maximum Gasteiger partial charge on any atom is 0.259 e. The Hall–Kier alpha value is -3.39. The number of imidazole rings is 1. The van der Waals surface area contributed by atoms with Crippen molar-refractivity contribution in [2.24, 2.45) is 0 Å². The van der Waals surface area contributed by atoms with Crippen molar-refractivity contribution in [1.82, 2.24) is 15.0 Å². The van der Waals surface area contributed by atoms with Gasteiger partial charge in [-0.05, 0) is 42.1 Å². The third-order valence-electron chi connectivity index (χ3n) is 4.01. The molecule has 0 aliphatic rings. The fourth-order valence-electron chi connectivity index (χ4n) is 2.87. The predicted molar refractivity (Wildman–Crippen MR) is 90.7 cm³/mol. The Balaban J connectivity index is 2.06. The van der Waals surface area contributed by atoms with Crippen molar-refractivity contribution >= 4 is 27.6 Å². The van der Waals surface area contributed by atoms with E-state index in [0.29, 0.717) is 17.1 Å².